The van der Waals surface area contributed by atoms with Gasteiger partial charge in [0.1, 0.15) is 12.7 Å². The Balaban J connectivity index is 1.90. The number of allylic oxidation sites excluding steroid dienone is 1. The van der Waals surface area contributed by atoms with E-state index >= 15 is 0 Å². The lowest BCUT2D eigenvalue weighted by molar-refractivity contribution is -0.194. The lowest BCUT2D eigenvalue weighted by atomic mass is 9.46. The van der Waals surface area contributed by atoms with Gasteiger partial charge >= 0.3 is 17.9 Å². The summed E-state index contributed by atoms with van der Waals surface area (Å²) in [5.74, 6) is -2.38. The summed E-state index contributed by atoms with van der Waals surface area (Å²) in [5.41, 5.74) is -2.28. The van der Waals surface area contributed by atoms with Crippen LogP contribution in [0.15, 0.2) is 23.8 Å². The van der Waals surface area contributed by atoms with Crippen LogP contribution in [0.25, 0.3) is 0 Å². The van der Waals surface area contributed by atoms with E-state index in [0.717, 1.165) is 12.8 Å². The molecule has 7 heteroatoms. The average Bonchev–Trinajstić information content (AvgIpc) is 2.87. The van der Waals surface area contributed by atoms with E-state index in [0.29, 0.717) is 12.0 Å². The molecule has 7 nitrogen and oxygen atoms in total. The van der Waals surface area contributed by atoms with Gasteiger partial charge in [-0.2, -0.15) is 0 Å². The maximum atomic E-state index is 12.5. The molecule has 0 amide bonds. The normalized spacial score (nSPS) is 36.3. The zero-order chi connectivity index (χ0) is 20.7. The first-order valence-electron chi connectivity index (χ1n) is 9.72. The molecule has 2 fully saturated rings. The Morgan fingerprint density at radius 3 is 2.71 bits per heavy atom. The smallest absolute Gasteiger partial charge is 0.343 e. The molecule has 0 aromatic rings. The molecule has 0 aromatic carbocycles. The average molecular weight is 392 g/mol. The number of carboxylic acid groups (broad SMARTS) is 1. The van der Waals surface area contributed by atoms with E-state index in [4.69, 9.17) is 14.6 Å². The van der Waals surface area contributed by atoms with Crippen molar-refractivity contribution in [3.63, 3.8) is 0 Å². The first kappa shape index (κ1) is 20.6. The Labute approximate surface area is 164 Å². The van der Waals surface area contributed by atoms with Crippen LogP contribution in [0.2, 0.25) is 0 Å². The van der Waals surface area contributed by atoms with E-state index in [1.807, 2.05) is 6.92 Å². The first-order chi connectivity index (χ1) is 13.0. The second-order valence-electron chi connectivity index (χ2n) is 8.95. The predicted octanol–water partition coefficient (Wildman–Crippen LogP) is 2.38. The van der Waals surface area contributed by atoms with Gasteiger partial charge in [-0.25, -0.2) is 9.59 Å². The van der Waals surface area contributed by atoms with Crippen molar-refractivity contribution in [1.82, 2.24) is 0 Å². The third-order valence-corrected chi connectivity index (χ3v) is 6.72. The molecule has 1 saturated heterocycles. The van der Waals surface area contributed by atoms with Gasteiger partial charge in [0.25, 0.3) is 0 Å². The van der Waals surface area contributed by atoms with Crippen LogP contribution in [-0.4, -0.2) is 46.4 Å². The van der Waals surface area contributed by atoms with Gasteiger partial charge in [0.2, 0.25) is 0 Å². The van der Waals surface area contributed by atoms with Gasteiger partial charge in [0.15, 0.2) is 5.60 Å². The molecule has 0 bridgehead atoms. The number of hydrogen-bond acceptors (Lipinski definition) is 6. The summed E-state index contributed by atoms with van der Waals surface area (Å²) in [6, 6.07) is 0. The number of ether oxygens (including phenoxy) is 2. The van der Waals surface area contributed by atoms with E-state index < -0.39 is 35.0 Å². The number of aliphatic carboxylic acids is 1. The highest BCUT2D eigenvalue weighted by Crippen LogP contribution is 2.63. The van der Waals surface area contributed by atoms with Crippen molar-refractivity contribution in [2.75, 3.05) is 6.61 Å². The Hall–Kier alpha value is -2.15. The standard InChI is InChI=1S/C21H28O7/c1-19(2)9-6-10-20(3)17(19)14(11-13-12-27-18(25)21(13,20)26)28-16(24)8-5-4-7-15(22)23/h5,8,11,14,17,26H,4,6-7,9-10,12H2,1-3H3,(H,22,23)/b8-5+/t14-,17-,20-,21+/m1/s1. The number of carbonyl (C=O) groups excluding carboxylic acids is 2. The molecular weight excluding hydrogens is 364 g/mol. The van der Waals surface area contributed by atoms with E-state index in [2.05, 4.69) is 13.8 Å². The first-order valence-corrected chi connectivity index (χ1v) is 9.72. The minimum atomic E-state index is -1.68. The number of fused-ring (bicyclic) bond motifs is 3. The Morgan fingerprint density at radius 1 is 1.32 bits per heavy atom. The second kappa shape index (κ2) is 7.03. The molecule has 1 aliphatic heterocycles. The van der Waals surface area contributed by atoms with Crippen LogP contribution in [-0.2, 0) is 23.9 Å². The van der Waals surface area contributed by atoms with Gasteiger partial charge in [0.05, 0.1) is 0 Å². The molecule has 0 unspecified atom stereocenters. The molecule has 1 heterocycles. The predicted molar refractivity (Wildman–Crippen MR) is 99.1 cm³/mol. The van der Waals surface area contributed by atoms with Gasteiger partial charge < -0.3 is 19.7 Å². The fraction of sp³-hybridized carbons (Fsp3) is 0.667. The second-order valence-corrected chi connectivity index (χ2v) is 8.95. The van der Waals surface area contributed by atoms with Gasteiger partial charge in [-0.1, -0.05) is 33.3 Å². The number of esters is 2. The minimum Gasteiger partial charge on any atom is -0.481 e. The van der Waals surface area contributed by atoms with Crippen molar-refractivity contribution in [2.24, 2.45) is 16.7 Å². The van der Waals surface area contributed by atoms with Gasteiger partial charge in [-0.15, -0.1) is 0 Å². The van der Waals surface area contributed by atoms with Gasteiger partial charge in [0, 0.05) is 29.4 Å². The van der Waals surface area contributed by atoms with Crippen molar-refractivity contribution in [2.45, 2.75) is 64.6 Å². The number of carboxylic acids is 1. The van der Waals surface area contributed by atoms with Crippen molar-refractivity contribution in [1.29, 1.82) is 0 Å². The number of rotatable bonds is 5. The maximum absolute atomic E-state index is 12.5. The fourth-order valence-corrected chi connectivity index (χ4v) is 5.51. The maximum Gasteiger partial charge on any atom is 0.343 e. The van der Waals surface area contributed by atoms with E-state index in [1.165, 1.54) is 12.2 Å². The molecule has 154 valence electrons. The van der Waals surface area contributed by atoms with E-state index in [-0.39, 0.29) is 30.8 Å². The Kier molecular flexibility index (Phi) is 5.17. The molecule has 3 aliphatic rings. The molecule has 2 N–H and O–H groups in total. The lowest BCUT2D eigenvalue weighted by Crippen LogP contribution is -2.65. The molecule has 0 spiro atoms. The van der Waals surface area contributed by atoms with Crippen LogP contribution in [0, 0.1) is 16.7 Å². The van der Waals surface area contributed by atoms with Crippen LogP contribution in [0.3, 0.4) is 0 Å². The molecule has 3 rings (SSSR count). The monoisotopic (exact) mass is 392 g/mol. The van der Waals surface area contributed by atoms with Crippen LogP contribution in [0.4, 0.5) is 0 Å². The number of aliphatic hydroxyl groups is 1. The number of cyclic esters (lactones) is 1. The van der Waals surface area contributed by atoms with Crippen molar-refractivity contribution in [3.8, 4) is 0 Å². The number of hydrogen-bond donors (Lipinski definition) is 2. The zero-order valence-corrected chi connectivity index (χ0v) is 16.6. The van der Waals surface area contributed by atoms with E-state index in [9.17, 15) is 19.5 Å². The molecule has 28 heavy (non-hydrogen) atoms. The third-order valence-electron chi connectivity index (χ3n) is 6.72. The largest absolute Gasteiger partial charge is 0.481 e. The molecule has 1 saturated carbocycles. The van der Waals surface area contributed by atoms with Crippen LogP contribution >= 0.6 is 0 Å². The lowest BCUT2D eigenvalue weighted by Gasteiger charge is -2.59. The molecule has 4 atom stereocenters. The summed E-state index contributed by atoms with van der Waals surface area (Å²) in [6.45, 7) is 6.03. The highest BCUT2D eigenvalue weighted by atomic mass is 16.6. The van der Waals surface area contributed by atoms with Crippen LogP contribution in [0.1, 0.15) is 52.9 Å². The topological polar surface area (TPSA) is 110 Å². The third kappa shape index (κ3) is 3.15. The molecule has 2 aliphatic carbocycles. The summed E-state index contributed by atoms with van der Waals surface area (Å²) in [5, 5.41) is 20.1. The summed E-state index contributed by atoms with van der Waals surface area (Å²) in [7, 11) is 0. The highest BCUT2D eigenvalue weighted by Gasteiger charge is 2.69. The Bertz CT molecular complexity index is 750. The SMILES string of the molecule is CC1(C)CCC[C@]2(C)[C@@H]1[C@H](OC(=O)/C=C/CCC(=O)O)C=C1COC(=O)[C@@]12O. The quantitative estimate of drug-likeness (QED) is 0.420. The summed E-state index contributed by atoms with van der Waals surface area (Å²) in [4.78, 5) is 35.4. The zero-order valence-electron chi connectivity index (χ0n) is 16.6. The summed E-state index contributed by atoms with van der Waals surface area (Å²) in [6.07, 6.45) is 6.37. The molecule has 0 aromatic heterocycles. The molecule has 0 radical (unpaired) electrons. The van der Waals surface area contributed by atoms with E-state index in [1.54, 1.807) is 6.08 Å². The number of carbonyl (C=O) groups is 3. The Morgan fingerprint density at radius 2 is 2.04 bits per heavy atom. The van der Waals surface area contributed by atoms with Gasteiger partial charge in [-0.05, 0) is 30.8 Å². The fourth-order valence-electron chi connectivity index (χ4n) is 5.51. The summed E-state index contributed by atoms with van der Waals surface area (Å²) >= 11 is 0. The van der Waals surface area contributed by atoms with Crippen molar-refractivity contribution >= 4 is 17.9 Å². The molecular formula is C21H28O7. The van der Waals surface area contributed by atoms with Crippen molar-refractivity contribution in [3.05, 3.63) is 23.8 Å². The van der Waals surface area contributed by atoms with Crippen molar-refractivity contribution < 1.29 is 34.1 Å². The summed E-state index contributed by atoms with van der Waals surface area (Å²) < 4.78 is 10.9. The van der Waals surface area contributed by atoms with Crippen LogP contribution < -0.4 is 0 Å². The highest BCUT2D eigenvalue weighted by molar-refractivity contribution is 5.88. The van der Waals surface area contributed by atoms with Gasteiger partial charge in [-0.3, -0.25) is 4.79 Å². The van der Waals surface area contributed by atoms with Crippen LogP contribution in [0.5, 0.6) is 0 Å². The minimum absolute atomic E-state index is 0.000569.